The van der Waals surface area contributed by atoms with Crippen LogP contribution >= 0.6 is 0 Å². The fourth-order valence-electron chi connectivity index (χ4n) is 1.84. The number of benzene rings is 1. The first-order chi connectivity index (χ1) is 8.63. The van der Waals surface area contributed by atoms with E-state index in [0.717, 1.165) is 11.1 Å². The maximum Gasteiger partial charge on any atom is 0.244 e. The fraction of sp³-hybridized carbons (Fsp3) is 0.538. The average molecular weight is 286 g/mol. The molecule has 1 rings (SSSR count). The van der Waals surface area contributed by atoms with Gasteiger partial charge in [-0.2, -0.15) is 0 Å². The van der Waals surface area contributed by atoms with Crippen molar-refractivity contribution in [3.63, 3.8) is 0 Å². The minimum Gasteiger partial charge on any atom is -0.495 e. The molecular formula is C13H22N2O3S. The van der Waals surface area contributed by atoms with Crippen LogP contribution in [0.2, 0.25) is 0 Å². The van der Waals surface area contributed by atoms with Crippen LogP contribution in [-0.4, -0.2) is 27.6 Å². The van der Waals surface area contributed by atoms with Gasteiger partial charge in [0.25, 0.3) is 0 Å². The Labute approximate surface area is 115 Å². The van der Waals surface area contributed by atoms with E-state index >= 15 is 0 Å². The summed E-state index contributed by atoms with van der Waals surface area (Å²) in [5, 5.41) is 0. The van der Waals surface area contributed by atoms with Crippen LogP contribution < -0.4 is 15.2 Å². The molecule has 0 fully saturated rings. The Morgan fingerprint density at radius 2 is 1.89 bits per heavy atom. The molecule has 0 radical (unpaired) electrons. The van der Waals surface area contributed by atoms with Crippen molar-refractivity contribution in [3.8, 4) is 5.75 Å². The van der Waals surface area contributed by atoms with Crippen LogP contribution in [0.3, 0.4) is 0 Å². The summed E-state index contributed by atoms with van der Waals surface area (Å²) in [6.07, 6.45) is 0. The lowest BCUT2D eigenvalue weighted by Gasteiger charge is -2.25. The monoisotopic (exact) mass is 286 g/mol. The third-order valence-electron chi connectivity index (χ3n) is 2.80. The first kappa shape index (κ1) is 15.9. The number of ether oxygens (including phenoxy) is 1. The van der Waals surface area contributed by atoms with Gasteiger partial charge in [0, 0.05) is 12.1 Å². The van der Waals surface area contributed by atoms with E-state index in [2.05, 4.69) is 4.72 Å². The summed E-state index contributed by atoms with van der Waals surface area (Å²) in [4.78, 5) is 0.147. The number of methoxy groups -OCH3 is 1. The molecular weight excluding hydrogens is 264 g/mol. The van der Waals surface area contributed by atoms with Gasteiger partial charge in [0.2, 0.25) is 10.0 Å². The Kier molecular flexibility index (Phi) is 4.60. The van der Waals surface area contributed by atoms with Gasteiger partial charge in [0.1, 0.15) is 10.6 Å². The Morgan fingerprint density at radius 3 is 2.37 bits per heavy atom. The highest BCUT2D eigenvalue weighted by Gasteiger charge is 2.28. The maximum atomic E-state index is 12.4. The number of sulfonamides is 1. The van der Waals surface area contributed by atoms with Crippen LogP contribution in [0.25, 0.3) is 0 Å². The van der Waals surface area contributed by atoms with Crippen LogP contribution in [0.15, 0.2) is 17.0 Å². The van der Waals surface area contributed by atoms with Crippen LogP contribution in [-0.2, 0) is 10.0 Å². The second kappa shape index (κ2) is 5.48. The van der Waals surface area contributed by atoms with Gasteiger partial charge in [-0.15, -0.1) is 0 Å². The molecule has 19 heavy (non-hydrogen) atoms. The van der Waals surface area contributed by atoms with Gasteiger partial charge >= 0.3 is 0 Å². The Bertz CT molecular complexity index is 565. The Morgan fingerprint density at radius 1 is 1.32 bits per heavy atom. The molecule has 0 bridgehead atoms. The molecule has 0 aliphatic heterocycles. The molecule has 0 aliphatic rings. The van der Waals surface area contributed by atoms with Gasteiger partial charge < -0.3 is 10.5 Å². The van der Waals surface area contributed by atoms with Crippen LogP contribution in [0.5, 0.6) is 5.75 Å². The highest BCUT2D eigenvalue weighted by molar-refractivity contribution is 7.89. The molecule has 3 N–H and O–H groups in total. The van der Waals surface area contributed by atoms with E-state index in [0.29, 0.717) is 5.75 Å². The highest BCUT2D eigenvalue weighted by atomic mass is 32.2. The molecule has 0 unspecified atom stereocenters. The quantitative estimate of drug-likeness (QED) is 0.855. The van der Waals surface area contributed by atoms with Crippen molar-refractivity contribution in [1.82, 2.24) is 4.72 Å². The number of hydrogen-bond acceptors (Lipinski definition) is 4. The first-order valence-corrected chi connectivity index (χ1v) is 7.50. The van der Waals surface area contributed by atoms with Crippen molar-refractivity contribution in [2.45, 2.75) is 38.1 Å². The first-order valence-electron chi connectivity index (χ1n) is 6.02. The number of hydrogen-bond donors (Lipinski definition) is 2. The zero-order valence-corrected chi connectivity index (χ0v) is 12.9. The van der Waals surface area contributed by atoms with Crippen LogP contribution in [0.1, 0.15) is 25.0 Å². The van der Waals surface area contributed by atoms with E-state index in [1.54, 1.807) is 19.9 Å². The molecule has 5 nitrogen and oxygen atoms in total. The highest BCUT2D eigenvalue weighted by Crippen LogP contribution is 2.29. The van der Waals surface area contributed by atoms with E-state index in [-0.39, 0.29) is 11.4 Å². The lowest BCUT2D eigenvalue weighted by Crippen LogP contribution is -2.48. The van der Waals surface area contributed by atoms with Crippen LogP contribution in [0, 0.1) is 13.8 Å². The second-order valence-electron chi connectivity index (χ2n) is 5.31. The molecule has 0 heterocycles. The van der Waals surface area contributed by atoms with E-state index in [1.165, 1.54) is 7.11 Å². The number of nitrogens with two attached hydrogens (primary N) is 1. The van der Waals surface area contributed by atoms with Gasteiger partial charge in [0.05, 0.1) is 7.11 Å². The van der Waals surface area contributed by atoms with Crippen molar-refractivity contribution >= 4 is 10.0 Å². The molecule has 0 amide bonds. The van der Waals surface area contributed by atoms with E-state index in [9.17, 15) is 8.42 Å². The number of rotatable bonds is 5. The largest absolute Gasteiger partial charge is 0.495 e. The van der Waals surface area contributed by atoms with Gasteiger partial charge in [-0.1, -0.05) is 6.07 Å². The molecule has 0 saturated carbocycles. The predicted molar refractivity (Wildman–Crippen MR) is 75.9 cm³/mol. The van der Waals surface area contributed by atoms with Crippen molar-refractivity contribution in [2.24, 2.45) is 5.73 Å². The molecule has 6 heteroatoms. The predicted octanol–water partition coefficient (Wildman–Crippen LogP) is 1.33. The topological polar surface area (TPSA) is 81.4 Å². The molecule has 1 aromatic carbocycles. The summed E-state index contributed by atoms with van der Waals surface area (Å²) >= 11 is 0. The molecule has 0 atom stereocenters. The smallest absolute Gasteiger partial charge is 0.244 e. The third-order valence-corrected chi connectivity index (χ3v) is 4.50. The number of aryl methyl sites for hydroxylation is 2. The van der Waals surface area contributed by atoms with Gasteiger partial charge in [-0.3, -0.25) is 0 Å². The lowest BCUT2D eigenvalue weighted by molar-refractivity contribution is 0.397. The summed E-state index contributed by atoms with van der Waals surface area (Å²) in [7, 11) is -2.21. The van der Waals surface area contributed by atoms with Crippen molar-refractivity contribution in [2.75, 3.05) is 13.7 Å². The Balaban J connectivity index is 3.37. The Hall–Kier alpha value is -1.11. The van der Waals surface area contributed by atoms with Crippen molar-refractivity contribution < 1.29 is 13.2 Å². The minimum absolute atomic E-state index is 0.147. The molecule has 0 aromatic heterocycles. The standard InChI is InChI=1S/C13H22N2O3S/c1-9-6-10(2)12(18-5)11(7-9)19(16,17)15-13(3,4)8-14/h6-7,15H,8,14H2,1-5H3. The molecule has 0 aliphatic carbocycles. The normalized spacial score (nSPS) is 12.5. The SMILES string of the molecule is COc1c(C)cc(C)cc1S(=O)(=O)NC(C)(C)CN. The van der Waals surface area contributed by atoms with Crippen molar-refractivity contribution in [3.05, 3.63) is 23.3 Å². The summed E-state index contributed by atoms with van der Waals surface area (Å²) in [6, 6.07) is 3.48. The van der Waals surface area contributed by atoms with E-state index < -0.39 is 15.6 Å². The molecule has 108 valence electrons. The van der Waals surface area contributed by atoms with E-state index in [1.807, 2.05) is 19.9 Å². The van der Waals surface area contributed by atoms with Gasteiger partial charge in [-0.25, -0.2) is 13.1 Å². The van der Waals surface area contributed by atoms with Crippen LogP contribution in [0.4, 0.5) is 0 Å². The summed E-state index contributed by atoms with van der Waals surface area (Å²) in [6.45, 7) is 7.34. The zero-order chi connectivity index (χ0) is 14.8. The van der Waals surface area contributed by atoms with Crippen molar-refractivity contribution in [1.29, 1.82) is 0 Å². The van der Waals surface area contributed by atoms with Gasteiger partial charge in [-0.05, 0) is 44.9 Å². The maximum absolute atomic E-state index is 12.4. The average Bonchev–Trinajstić information content (AvgIpc) is 2.27. The van der Waals surface area contributed by atoms with Gasteiger partial charge in [0.15, 0.2) is 0 Å². The lowest BCUT2D eigenvalue weighted by atomic mass is 10.1. The number of nitrogens with one attached hydrogen (secondary N) is 1. The third kappa shape index (κ3) is 3.68. The molecule has 1 aromatic rings. The molecule has 0 spiro atoms. The summed E-state index contributed by atoms with van der Waals surface area (Å²) < 4.78 is 32.7. The summed E-state index contributed by atoms with van der Waals surface area (Å²) in [5.41, 5.74) is 6.51. The second-order valence-corrected chi connectivity index (χ2v) is 6.96. The zero-order valence-electron chi connectivity index (χ0n) is 12.1. The minimum atomic E-state index is -3.67. The summed E-state index contributed by atoms with van der Waals surface area (Å²) in [5.74, 6) is 0.367. The van der Waals surface area contributed by atoms with E-state index in [4.69, 9.17) is 10.5 Å². The fourth-order valence-corrected chi connectivity index (χ4v) is 3.59. The molecule has 0 saturated heterocycles.